The quantitative estimate of drug-likeness (QED) is 0.403. The number of anilines is 2. The number of nitrogens with two attached hydrogens (primary N) is 2. The van der Waals surface area contributed by atoms with Gasteiger partial charge in [-0.15, -0.1) is 5.10 Å². The average molecular weight is 286 g/mol. The maximum absolute atomic E-state index is 11.1. The van der Waals surface area contributed by atoms with Gasteiger partial charge in [0.15, 0.2) is 17.2 Å². The van der Waals surface area contributed by atoms with Gasteiger partial charge in [0.05, 0.1) is 5.56 Å². The van der Waals surface area contributed by atoms with Crippen LogP contribution in [0, 0.1) is 0 Å². The zero-order valence-electron chi connectivity index (χ0n) is 10.6. The average Bonchev–Trinajstić information content (AvgIpc) is 3.08. The second-order valence-corrected chi connectivity index (χ2v) is 4.02. The highest BCUT2D eigenvalue weighted by atomic mass is 16.1. The summed E-state index contributed by atoms with van der Waals surface area (Å²) in [5.41, 5.74) is 12.1. The van der Waals surface area contributed by atoms with Gasteiger partial charge in [0, 0.05) is 12.6 Å². The van der Waals surface area contributed by atoms with Crippen molar-refractivity contribution in [1.29, 1.82) is 0 Å². The molecule has 0 saturated heterocycles. The summed E-state index contributed by atoms with van der Waals surface area (Å²) in [4.78, 5) is 28.7. The van der Waals surface area contributed by atoms with Gasteiger partial charge in [-0.05, 0) is 0 Å². The Morgan fingerprint density at radius 2 is 2.05 bits per heavy atom. The number of H-pyrrole nitrogens is 2. The van der Waals surface area contributed by atoms with E-state index < -0.39 is 0 Å². The van der Waals surface area contributed by atoms with Crippen LogP contribution in [-0.2, 0) is 6.42 Å². The molecule has 0 atom stereocenters. The van der Waals surface area contributed by atoms with Crippen LogP contribution in [-0.4, -0.2) is 41.6 Å². The second-order valence-electron chi connectivity index (χ2n) is 4.02. The Bertz CT molecular complexity index is 879. The van der Waals surface area contributed by atoms with E-state index in [0.717, 1.165) is 0 Å². The molecular weight excluding hydrogens is 276 g/mol. The fourth-order valence-corrected chi connectivity index (χ4v) is 1.71. The first-order valence-electron chi connectivity index (χ1n) is 5.83. The lowest BCUT2D eigenvalue weighted by Gasteiger charge is -1.95. The van der Waals surface area contributed by atoms with Crippen molar-refractivity contribution in [2.45, 2.75) is 6.42 Å². The number of aliphatic imine (C=N–C) groups is 1. The van der Waals surface area contributed by atoms with E-state index in [9.17, 15) is 4.79 Å². The minimum Gasteiger partial charge on any atom is -0.382 e. The van der Waals surface area contributed by atoms with E-state index in [-0.39, 0.29) is 11.5 Å². The Morgan fingerprint density at radius 1 is 1.19 bits per heavy atom. The van der Waals surface area contributed by atoms with Crippen LogP contribution in [0.15, 0.2) is 16.1 Å². The molecule has 0 unspecified atom stereocenters. The van der Waals surface area contributed by atoms with Crippen LogP contribution in [0.2, 0.25) is 0 Å². The highest BCUT2D eigenvalue weighted by molar-refractivity contribution is 5.79. The lowest BCUT2D eigenvalue weighted by Crippen LogP contribution is -2.14. The van der Waals surface area contributed by atoms with Gasteiger partial charge in [-0.2, -0.15) is 15.3 Å². The third-order valence-corrected chi connectivity index (χ3v) is 2.67. The molecular formula is C10H10N10O. The van der Waals surface area contributed by atoms with Gasteiger partial charge in [0.1, 0.15) is 6.33 Å². The summed E-state index contributed by atoms with van der Waals surface area (Å²) in [6.07, 6.45) is 3.55. The zero-order chi connectivity index (χ0) is 14.8. The number of nitrogen functional groups attached to an aromatic ring is 2. The predicted molar refractivity (Wildman–Crippen MR) is 75.0 cm³/mol. The fraction of sp³-hybridized carbons (Fsp3) is 0.100. The van der Waals surface area contributed by atoms with Gasteiger partial charge >= 0.3 is 0 Å². The zero-order valence-corrected chi connectivity index (χ0v) is 10.6. The summed E-state index contributed by atoms with van der Waals surface area (Å²) in [5.74, 6) is 0.915. The minimum absolute atomic E-state index is 0.118. The molecule has 3 aromatic heterocycles. The number of nitrogens with one attached hydrogen (secondary N) is 2. The molecule has 21 heavy (non-hydrogen) atoms. The Kier molecular flexibility index (Phi) is 2.99. The SMILES string of the molecule is Nc1nc2c(c(=O)[nH]1)CC=N2.Nc1ncnc2n[nH]nc12. The van der Waals surface area contributed by atoms with Gasteiger partial charge in [-0.25, -0.2) is 15.0 Å². The van der Waals surface area contributed by atoms with E-state index in [1.165, 1.54) is 6.33 Å². The molecule has 4 heterocycles. The van der Waals surface area contributed by atoms with E-state index in [0.29, 0.717) is 34.8 Å². The van der Waals surface area contributed by atoms with Crippen molar-refractivity contribution in [2.24, 2.45) is 4.99 Å². The summed E-state index contributed by atoms with van der Waals surface area (Å²) >= 11 is 0. The molecule has 0 fully saturated rings. The van der Waals surface area contributed by atoms with E-state index in [2.05, 4.69) is 40.3 Å². The topological polar surface area (TPSA) is 178 Å². The highest BCUT2D eigenvalue weighted by Gasteiger charge is 2.12. The number of aromatic nitrogens is 7. The third kappa shape index (κ3) is 2.39. The van der Waals surface area contributed by atoms with Crippen molar-refractivity contribution in [1.82, 2.24) is 35.3 Å². The number of aromatic amines is 2. The molecule has 0 aliphatic carbocycles. The molecule has 106 valence electrons. The van der Waals surface area contributed by atoms with Crippen LogP contribution >= 0.6 is 0 Å². The molecule has 11 nitrogen and oxygen atoms in total. The van der Waals surface area contributed by atoms with Crippen molar-refractivity contribution in [2.75, 3.05) is 11.5 Å². The summed E-state index contributed by atoms with van der Waals surface area (Å²) < 4.78 is 0. The molecule has 0 bridgehead atoms. The maximum Gasteiger partial charge on any atom is 0.258 e. The minimum atomic E-state index is -0.190. The van der Waals surface area contributed by atoms with Crippen LogP contribution in [0.5, 0.6) is 0 Å². The molecule has 0 spiro atoms. The molecule has 0 saturated carbocycles. The van der Waals surface area contributed by atoms with Crippen molar-refractivity contribution in [3.8, 4) is 0 Å². The molecule has 0 amide bonds. The second kappa shape index (κ2) is 4.96. The van der Waals surface area contributed by atoms with E-state index in [4.69, 9.17) is 11.5 Å². The summed E-state index contributed by atoms with van der Waals surface area (Å²) in [7, 11) is 0. The molecule has 0 aromatic carbocycles. The van der Waals surface area contributed by atoms with Crippen molar-refractivity contribution >= 4 is 35.0 Å². The molecule has 0 radical (unpaired) electrons. The number of rotatable bonds is 0. The number of nitrogens with zero attached hydrogens (tertiary/aromatic N) is 6. The number of hydrogen-bond donors (Lipinski definition) is 4. The molecule has 1 aliphatic rings. The maximum atomic E-state index is 11.1. The first-order chi connectivity index (χ1) is 10.1. The summed E-state index contributed by atoms with van der Waals surface area (Å²) in [5, 5.41) is 9.84. The standard InChI is InChI=1S/C6H6N4O.C4H4N6/c7-6-9-4-3(1-2-8-4)5(11)10-6;5-3-2-4(7-1-6-3)9-10-8-2/h2H,1H2,(H3,7,9,10,11);1H,(H3,5,6,7,8,9,10). The van der Waals surface area contributed by atoms with Crippen molar-refractivity contribution in [3.63, 3.8) is 0 Å². The first-order valence-corrected chi connectivity index (χ1v) is 5.83. The number of fused-ring (bicyclic) bond motifs is 2. The van der Waals surface area contributed by atoms with Crippen LogP contribution in [0.25, 0.3) is 11.2 Å². The summed E-state index contributed by atoms with van der Waals surface area (Å²) in [6, 6.07) is 0. The number of hydrogen-bond acceptors (Lipinski definition) is 9. The Hall–Kier alpha value is -3.37. The van der Waals surface area contributed by atoms with Crippen LogP contribution in [0.4, 0.5) is 17.6 Å². The third-order valence-electron chi connectivity index (χ3n) is 2.67. The smallest absolute Gasteiger partial charge is 0.258 e. The molecule has 1 aliphatic heterocycles. The van der Waals surface area contributed by atoms with E-state index in [1.54, 1.807) is 6.21 Å². The molecule has 6 N–H and O–H groups in total. The normalized spacial score (nSPS) is 12.0. The molecule has 11 heteroatoms. The van der Waals surface area contributed by atoms with Crippen LogP contribution < -0.4 is 17.0 Å². The predicted octanol–water partition coefficient (Wildman–Crippen LogP) is -1.06. The van der Waals surface area contributed by atoms with Gasteiger partial charge < -0.3 is 11.5 Å². The molecule has 3 aromatic rings. The van der Waals surface area contributed by atoms with E-state index >= 15 is 0 Å². The Balaban J connectivity index is 0.000000126. The highest BCUT2D eigenvalue weighted by Crippen LogP contribution is 2.16. The Labute approximate surface area is 116 Å². The largest absolute Gasteiger partial charge is 0.382 e. The first kappa shape index (κ1) is 12.7. The van der Waals surface area contributed by atoms with Gasteiger partial charge in [0.2, 0.25) is 11.6 Å². The fourth-order valence-electron chi connectivity index (χ4n) is 1.71. The lowest BCUT2D eigenvalue weighted by molar-refractivity contribution is 0.954. The van der Waals surface area contributed by atoms with Crippen LogP contribution in [0.3, 0.4) is 0 Å². The van der Waals surface area contributed by atoms with Crippen LogP contribution in [0.1, 0.15) is 5.56 Å². The van der Waals surface area contributed by atoms with Crippen molar-refractivity contribution in [3.05, 3.63) is 22.2 Å². The monoisotopic (exact) mass is 286 g/mol. The lowest BCUT2D eigenvalue weighted by atomic mass is 10.3. The van der Waals surface area contributed by atoms with Gasteiger partial charge in [-0.3, -0.25) is 9.78 Å². The van der Waals surface area contributed by atoms with Gasteiger partial charge in [0.25, 0.3) is 5.56 Å². The Morgan fingerprint density at radius 3 is 2.86 bits per heavy atom. The van der Waals surface area contributed by atoms with E-state index in [1.807, 2.05) is 0 Å². The molecule has 4 rings (SSSR count). The van der Waals surface area contributed by atoms with Gasteiger partial charge in [-0.1, -0.05) is 0 Å². The summed E-state index contributed by atoms with van der Waals surface area (Å²) in [6.45, 7) is 0. The van der Waals surface area contributed by atoms with Crippen molar-refractivity contribution < 1.29 is 0 Å².